The summed E-state index contributed by atoms with van der Waals surface area (Å²) < 4.78 is 1.65. The van der Waals surface area contributed by atoms with Crippen molar-refractivity contribution in [3.8, 4) is 6.07 Å². The van der Waals surface area contributed by atoms with Crippen LogP contribution in [0.5, 0.6) is 0 Å². The van der Waals surface area contributed by atoms with E-state index in [1.165, 1.54) is 0 Å². The minimum Gasteiger partial charge on any atom is -0.337 e. The van der Waals surface area contributed by atoms with Crippen LogP contribution in [0.3, 0.4) is 0 Å². The van der Waals surface area contributed by atoms with Gasteiger partial charge in [-0.3, -0.25) is 0 Å². The van der Waals surface area contributed by atoms with E-state index in [0.29, 0.717) is 33.6 Å². The molecule has 0 saturated carbocycles. The van der Waals surface area contributed by atoms with E-state index in [-0.39, 0.29) is 0 Å². The molecule has 4 aromatic rings. The van der Waals surface area contributed by atoms with Gasteiger partial charge in [0.05, 0.1) is 28.0 Å². The molecular weight excluding hydrogens is 362 g/mol. The van der Waals surface area contributed by atoms with E-state index in [4.69, 9.17) is 11.6 Å². The number of hydrogen-bond donors (Lipinski definition) is 2. The molecule has 0 atom stereocenters. The van der Waals surface area contributed by atoms with Gasteiger partial charge in [-0.25, -0.2) is 14.5 Å². The van der Waals surface area contributed by atoms with Crippen LogP contribution in [-0.4, -0.2) is 19.6 Å². The number of imidazole rings is 1. The molecule has 4 rings (SSSR count). The Kier molecular flexibility index (Phi) is 4.32. The third-order valence-corrected chi connectivity index (χ3v) is 4.30. The first kappa shape index (κ1) is 16.8. The van der Waals surface area contributed by atoms with Crippen LogP contribution in [0.2, 0.25) is 5.02 Å². The van der Waals surface area contributed by atoms with Crippen LogP contribution in [0, 0.1) is 18.3 Å². The van der Waals surface area contributed by atoms with Crippen LogP contribution in [0.1, 0.15) is 11.1 Å². The van der Waals surface area contributed by atoms with Gasteiger partial charge >= 0.3 is 0 Å². The van der Waals surface area contributed by atoms with Crippen molar-refractivity contribution in [3.05, 3.63) is 71.1 Å². The third kappa shape index (κ3) is 3.38. The second-order valence-corrected chi connectivity index (χ2v) is 6.27. The summed E-state index contributed by atoms with van der Waals surface area (Å²) in [6.07, 6.45) is 5.13. The summed E-state index contributed by atoms with van der Waals surface area (Å²) in [7, 11) is 0. The minimum atomic E-state index is 0.512. The minimum absolute atomic E-state index is 0.512. The Hall–Kier alpha value is -3.63. The Morgan fingerprint density at radius 3 is 2.67 bits per heavy atom. The van der Waals surface area contributed by atoms with E-state index in [2.05, 4.69) is 31.8 Å². The topological polar surface area (TPSA) is 90.9 Å². The number of nitriles is 1. The lowest BCUT2D eigenvalue weighted by atomic mass is 10.1. The van der Waals surface area contributed by atoms with E-state index < -0.39 is 0 Å². The number of aromatic nitrogens is 4. The van der Waals surface area contributed by atoms with Crippen LogP contribution >= 0.6 is 11.6 Å². The van der Waals surface area contributed by atoms with Crippen molar-refractivity contribution < 1.29 is 0 Å². The van der Waals surface area contributed by atoms with Gasteiger partial charge in [-0.1, -0.05) is 17.7 Å². The average Bonchev–Trinajstić information content (AvgIpc) is 3.14. The highest BCUT2D eigenvalue weighted by Crippen LogP contribution is 2.30. The van der Waals surface area contributed by atoms with Crippen molar-refractivity contribution >= 4 is 40.3 Å². The highest BCUT2D eigenvalue weighted by molar-refractivity contribution is 6.33. The quantitative estimate of drug-likeness (QED) is 0.547. The molecule has 0 fully saturated rings. The Bertz CT molecular complexity index is 1160. The van der Waals surface area contributed by atoms with E-state index in [1.807, 2.05) is 31.2 Å². The highest BCUT2D eigenvalue weighted by Gasteiger charge is 2.11. The predicted molar refractivity (Wildman–Crippen MR) is 105 cm³/mol. The molecular formula is C19H14ClN7. The molecule has 1 aromatic carbocycles. The van der Waals surface area contributed by atoms with Gasteiger partial charge in [0.1, 0.15) is 5.82 Å². The molecule has 7 nitrogen and oxygen atoms in total. The maximum absolute atomic E-state index is 9.26. The monoisotopic (exact) mass is 375 g/mol. The molecule has 132 valence electrons. The summed E-state index contributed by atoms with van der Waals surface area (Å²) in [6, 6.07) is 13.1. The zero-order valence-corrected chi connectivity index (χ0v) is 15.1. The van der Waals surface area contributed by atoms with Crippen LogP contribution in [0.15, 0.2) is 55.0 Å². The van der Waals surface area contributed by atoms with Gasteiger partial charge < -0.3 is 10.6 Å². The van der Waals surface area contributed by atoms with E-state index in [1.54, 1.807) is 35.2 Å². The Morgan fingerprint density at radius 1 is 1.04 bits per heavy atom. The van der Waals surface area contributed by atoms with Gasteiger partial charge in [0, 0.05) is 24.7 Å². The molecule has 0 aliphatic carbocycles. The van der Waals surface area contributed by atoms with E-state index in [9.17, 15) is 5.26 Å². The summed E-state index contributed by atoms with van der Waals surface area (Å²) in [5.41, 5.74) is 3.38. The fourth-order valence-corrected chi connectivity index (χ4v) is 2.94. The summed E-state index contributed by atoms with van der Waals surface area (Å²) in [6.45, 7) is 1.85. The number of rotatable bonds is 4. The van der Waals surface area contributed by atoms with Gasteiger partial charge in [0.25, 0.3) is 0 Å². The van der Waals surface area contributed by atoms with Crippen LogP contribution < -0.4 is 10.6 Å². The average molecular weight is 376 g/mol. The highest BCUT2D eigenvalue weighted by atomic mass is 35.5. The number of aryl methyl sites for hydroxylation is 1. The zero-order chi connectivity index (χ0) is 18.8. The molecule has 0 amide bonds. The molecule has 2 N–H and O–H groups in total. The molecule has 3 heterocycles. The lowest BCUT2D eigenvalue weighted by Crippen LogP contribution is -2.04. The van der Waals surface area contributed by atoms with Crippen molar-refractivity contribution in [2.45, 2.75) is 6.92 Å². The smallest absolute Gasteiger partial charge is 0.177 e. The number of nitrogens with one attached hydrogen (secondary N) is 2. The molecule has 0 radical (unpaired) electrons. The summed E-state index contributed by atoms with van der Waals surface area (Å²) in [4.78, 5) is 8.61. The standard InChI is InChI=1S/C19H14ClN7/c1-12-8-14(20)15(9-13(12)11-21)24-18-10-16(19-23-6-7-27(19)26-18)25-17-4-2-3-5-22-17/h2-10H,1H3,(H,22,25)(H,24,26). The maximum atomic E-state index is 9.26. The van der Waals surface area contributed by atoms with Gasteiger partial charge in [-0.05, 0) is 36.8 Å². The van der Waals surface area contributed by atoms with E-state index in [0.717, 1.165) is 11.3 Å². The number of benzene rings is 1. The lowest BCUT2D eigenvalue weighted by Gasteiger charge is -2.12. The Morgan fingerprint density at radius 2 is 1.89 bits per heavy atom. The normalized spacial score (nSPS) is 10.6. The number of nitrogens with zero attached hydrogens (tertiary/aromatic N) is 5. The molecule has 3 aromatic heterocycles. The molecule has 0 aliphatic rings. The van der Waals surface area contributed by atoms with Gasteiger partial charge in [-0.2, -0.15) is 5.26 Å². The number of anilines is 4. The molecule has 27 heavy (non-hydrogen) atoms. The van der Waals surface area contributed by atoms with Gasteiger partial charge in [0.2, 0.25) is 0 Å². The summed E-state index contributed by atoms with van der Waals surface area (Å²) >= 11 is 6.33. The van der Waals surface area contributed by atoms with Crippen LogP contribution in [0.25, 0.3) is 5.65 Å². The first-order valence-corrected chi connectivity index (χ1v) is 8.51. The Labute approximate surface area is 160 Å². The molecule has 0 bridgehead atoms. The van der Waals surface area contributed by atoms with Gasteiger partial charge in [0.15, 0.2) is 11.5 Å². The van der Waals surface area contributed by atoms with Gasteiger partial charge in [-0.15, -0.1) is 5.10 Å². The Balaban J connectivity index is 1.74. The second-order valence-electron chi connectivity index (χ2n) is 5.86. The van der Waals surface area contributed by atoms with Crippen molar-refractivity contribution in [3.63, 3.8) is 0 Å². The first-order valence-electron chi connectivity index (χ1n) is 8.14. The number of pyridine rings is 1. The van der Waals surface area contributed by atoms with Crippen molar-refractivity contribution in [1.82, 2.24) is 19.6 Å². The maximum Gasteiger partial charge on any atom is 0.177 e. The molecule has 8 heteroatoms. The number of hydrogen-bond acceptors (Lipinski definition) is 6. The summed E-state index contributed by atoms with van der Waals surface area (Å²) in [5, 5.41) is 20.7. The second kappa shape index (κ2) is 6.94. The van der Waals surface area contributed by atoms with Crippen LogP contribution in [0.4, 0.5) is 23.0 Å². The predicted octanol–water partition coefficient (Wildman–Crippen LogP) is 4.45. The lowest BCUT2D eigenvalue weighted by molar-refractivity contribution is 0.943. The van der Waals surface area contributed by atoms with Crippen molar-refractivity contribution in [2.75, 3.05) is 10.6 Å². The number of fused-ring (bicyclic) bond motifs is 1. The molecule has 0 spiro atoms. The first-order chi connectivity index (χ1) is 13.1. The molecule has 0 aliphatic heterocycles. The number of halogens is 1. The fourth-order valence-electron chi connectivity index (χ4n) is 2.67. The van der Waals surface area contributed by atoms with Crippen molar-refractivity contribution in [1.29, 1.82) is 5.26 Å². The fraction of sp³-hybridized carbons (Fsp3) is 0.0526. The van der Waals surface area contributed by atoms with Crippen LogP contribution in [-0.2, 0) is 0 Å². The van der Waals surface area contributed by atoms with E-state index >= 15 is 0 Å². The summed E-state index contributed by atoms with van der Waals surface area (Å²) in [5.74, 6) is 1.24. The SMILES string of the molecule is Cc1cc(Cl)c(Nc2cc(Nc3ccccn3)c3nccn3n2)cc1C#N. The third-order valence-electron chi connectivity index (χ3n) is 3.98. The molecule has 0 unspecified atom stereocenters. The van der Waals surface area contributed by atoms with Crippen molar-refractivity contribution in [2.24, 2.45) is 0 Å². The zero-order valence-electron chi connectivity index (χ0n) is 14.3. The molecule has 0 saturated heterocycles. The largest absolute Gasteiger partial charge is 0.337 e.